The van der Waals surface area contributed by atoms with Crippen LogP contribution in [0.2, 0.25) is 0 Å². The third-order valence-electron chi connectivity index (χ3n) is 3.02. The SMILES string of the molecule is CSc1nnnn1-c1cccc(C2(N)N=C(N)C=CN2)c1. The van der Waals surface area contributed by atoms with Crippen LogP contribution < -0.4 is 16.8 Å². The second-order valence-electron chi connectivity index (χ2n) is 4.41. The minimum absolute atomic E-state index is 0.369. The Morgan fingerprint density at radius 3 is 3.00 bits per heavy atom. The molecule has 0 spiro atoms. The van der Waals surface area contributed by atoms with Gasteiger partial charge in [0.1, 0.15) is 5.84 Å². The first-order valence-electron chi connectivity index (χ1n) is 6.14. The van der Waals surface area contributed by atoms with Crippen LogP contribution in [-0.2, 0) is 5.79 Å². The van der Waals surface area contributed by atoms with Gasteiger partial charge in [0.05, 0.1) is 5.69 Å². The molecule has 21 heavy (non-hydrogen) atoms. The molecule has 108 valence electrons. The minimum Gasteiger partial charge on any atom is -0.384 e. The predicted octanol–water partition coefficient (Wildman–Crippen LogP) is -0.0727. The molecule has 0 bridgehead atoms. The molecule has 0 fully saturated rings. The summed E-state index contributed by atoms with van der Waals surface area (Å²) in [7, 11) is 0. The van der Waals surface area contributed by atoms with Crippen LogP contribution in [0.15, 0.2) is 46.7 Å². The van der Waals surface area contributed by atoms with Crippen LogP contribution in [0.25, 0.3) is 5.69 Å². The number of hydrogen-bond donors (Lipinski definition) is 3. The van der Waals surface area contributed by atoms with E-state index >= 15 is 0 Å². The summed E-state index contributed by atoms with van der Waals surface area (Å²) >= 11 is 1.46. The number of aliphatic imine (C=N–C) groups is 1. The molecule has 9 heteroatoms. The van der Waals surface area contributed by atoms with Crippen molar-refractivity contribution in [1.82, 2.24) is 25.5 Å². The number of nitrogens with zero attached hydrogens (tertiary/aromatic N) is 5. The summed E-state index contributed by atoms with van der Waals surface area (Å²) in [5.74, 6) is -0.726. The number of nitrogens with two attached hydrogens (primary N) is 2. The average molecular weight is 302 g/mol. The molecule has 1 aromatic carbocycles. The Labute approximate surface area is 125 Å². The normalized spacial score (nSPS) is 21.0. The van der Waals surface area contributed by atoms with Crippen LogP contribution in [0.5, 0.6) is 0 Å². The van der Waals surface area contributed by atoms with Gasteiger partial charge in [-0.25, -0.2) is 4.99 Å². The Morgan fingerprint density at radius 1 is 1.38 bits per heavy atom. The Morgan fingerprint density at radius 2 is 2.24 bits per heavy atom. The van der Waals surface area contributed by atoms with Crippen LogP contribution in [0, 0.1) is 0 Å². The fourth-order valence-corrected chi connectivity index (χ4v) is 2.45. The Bertz CT molecular complexity index is 722. The first-order chi connectivity index (χ1) is 10.1. The topological polar surface area (TPSA) is 120 Å². The molecule has 8 nitrogen and oxygen atoms in total. The first-order valence-corrected chi connectivity index (χ1v) is 7.36. The number of hydrogen-bond acceptors (Lipinski definition) is 8. The lowest BCUT2D eigenvalue weighted by molar-refractivity contribution is 0.409. The zero-order chi connectivity index (χ0) is 14.9. The van der Waals surface area contributed by atoms with E-state index in [4.69, 9.17) is 11.5 Å². The molecule has 1 unspecified atom stereocenters. The molecular formula is C12H14N8S. The van der Waals surface area contributed by atoms with Crippen molar-refractivity contribution < 1.29 is 0 Å². The second kappa shape index (κ2) is 5.19. The van der Waals surface area contributed by atoms with Gasteiger partial charge in [0.25, 0.3) is 0 Å². The molecule has 0 aliphatic carbocycles. The summed E-state index contributed by atoms with van der Waals surface area (Å²) in [6.07, 6.45) is 5.25. The summed E-state index contributed by atoms with van der Waals surface area (Å²) < 4.78 is 1.64. The molecule has 1 aliphatic heterocycles. The van der Waals surface area contributed by atoms with Crippen LogP contribution in [-0.4, -0.2) is 32.3 Å². The summed E-state index contributed by atoms with van der Waals surface area (Å²) in [5, 5.41) is 15.3. The largest absolute Gasteiger partial charge is 0.384 e. The molecule has 5 N–H and O–H groups in total. The minimum atomic E-state index is -1.09. The molecule has 2 aromatic rings. The summed E-state index contributed by atoms with van der Waals surface area (Å²) in [4.78, 5) is 4.26. The van der Waals surface area contributed by atoms with Gasteiger partial charge in [-0.1, -0.05) is 23.9 Å². The molecule has 2 heterocycles. The number of amidine groups is 1. The number of tetrazole rings is 1. The Kier molecular flexibility index (Phi) is 3.35. The number of thioether (sulfide) groups is 1. The zero-order valence-electron chi connectivity index (χ0n) is 11.3. The molecule has 3 rings (SSSR count). The van der Waals surface area contributed by atoms with E-state index in [0.717, 1.165) is 11.3 Å². The summed E-state index contributed by atoms with van der Waals surface area (Å²) in [5.41, 5.74) is 13.6. The summed E-state index contributed by atoms with van der Waals surface area (Å²) in [6, 6.07) is 7.51. The van der Waals surface area contributed by atoms with Gasteiger partial charge in [-0.3, -0.25) is 5.73 Å². The van der Waals surface area contributed by atoms with Crippen molar-refractivity contribution in [3.8, 4) is 5.69 Å². The van der Waals surface area contributed by atoms with Crippen molar-refractivity contribution in [2.75, 3.05) is 6.26 Å². The molecule has 0 saturated carbocycles. The third-order valence-corrected chi connectivity index (χ3v) is 3.64. The number of nitrogens with one attached hydrogen (secondary N) is 1. The molecular weight excluding hydrogens is 288 g/mol. The quantitative estimate of drug-likeness (QED) is 0.679. The Balaban J connectivity index is 2.03. The van der Waals surface area contributed by atoms with Gasteiger partial charge in [0.15, 0.2) is 0 Å². The van der Waals surface area contributed by atoms with E-state index in [1.165, 1.54) is 11.8 Å². The fraction of sp³-hybridized carbons (Fsp3) is 0.167. The van der Waals surface area contributed by atoms with Gasteiger partial charge in [-0.15, -0.1) is 5.10 Å². The number of rotatable bonds is 3. The molecule has 1 aromatic heterocycles. The number of aromatic nitrogens is 4. The molecule has 1 atom stereocenters. The highest BCUT2D eigenvalue weighted by atomic mass is 32.2. The molecule has 0 saturated heterocycles. The zero-order valence-corrected chi connectivity index (χ0v) is 12.1. The van der Waals surface area contributed by atoms with Crippen molar-refractivity contribution in [2.24, 2.45) is 16.5 Å². The first kappa shape index (κ1) is 13.6. The van der Waals surface area contributed by atoms with E-state index in [1.807, 2.05) is 30.5 Å². The highest BCUT2D eigenvalue weighted by molar-refractivity contribution is 7.98. The highest BCUT2D eigenvalue weighted by Crippen LogP contribution is 2.23. The van der Waals surface area contributed by atoms with Crippen molar-refractivity contribution in [3.63, 3.8) is 0 Å². The van der Waals surface area contributed by atoms with E-state index in [1.54, 1.807) is 17.0 Å². The van der Waals surface area contributed by atoms with E-state index in [0.29, 0.717) is 11.0 Å². The van der Waals surface area contributed by atoms with E-state index in [-0.39, 0.29) is 0 Å². The standard InChI is InChI=1S/C12H14N8S/c1-21-11-17-18-19-20(11)9-4-2-3-8(7-9)12(14)15-6-5-10(13)16-12/h2-7,15H,14H2,1H3,(H2,13,16). The van der Waals surface area contributed by atoms with Crippen molar-refractivity contribution in [3.05, 3.63) is 42.1 Å². The van der Waals surface area contributed by atoms with Gasteiger partial charge >= 0.3 is 0 Å². The highest BCUT2D eigenvalue weighted by Gasteiger charge is 2.27. The van der Waals surface area contributed by atoms with E-state index in [9.17, 15) is 0 Å². The van der Waals surface area contributed by atoms with Gasteiger partial charge < -0.3 is 11.1 Å². The number of benzene rings is 1. The molecule has 0 amide bonds. The van der Waals surface area contributed by atoms with Gasteiger partial charge in [0.2, 0.25) is 10.9 Å². The van der Waals surface area contributed by atoms with Crippen molar-refractivity contribution in [1.29, 1.82) is 0 Å². The lowest BCUT2D eigenvalue weighted by Crippen LogP contribution is -2.49. The van der Waals surface area contributed by atoms with Crippen LogP contribution >= 0.6 is 11.8 Å². The smallest absolute Gasteiger partial charge is 0.213 e. The van der Waals surface area contributed by atoms with Gasteiger partial charge in [-0.05, 0) is 34.9 Å². The van der Waals surface area contributed by atoms with Crippen LogP contribution in [0.3, 0.4) is 0 Å². The lowest BCUT2D eigenvalue weighted by atomic mass is 10.1. The summed E-state index contributed by atoms with van der Waals surface area (Å²) in [6.45, 7) is 0. The van der Waals surface area contributed by atoms with Crippen molar-refractivity contribution >= 4 is 17.6 Å². The molecule has 1 aliphatic rings. The third kappa shape index (κ3) is 2.48. The predicted molar refractivity (Wildman–Crippen MR) is 80.7 cm³/mol. The van der Waals surface area contributed by atoms with Crippen LogP contribution in [0.1, 0.15) is 5.56 Å². The van der Waals surface area contributed by atoms with Gasteiger partial charge in [-0.2, -0.15) is 4.68 Å². The average Bonchev–Trinajstić information content (AvgIpc) is 2.95. The maximum Gasteiger partial charge on any atom is 0.213 e. The van der Waals surface area contributed by atoms with Crippen molar-refractivity contribution in [2.45, 2.75) is 10.9 Å². The second-order valence-corrected chi connectivity index (χ2v) is 5.18. The maximum atomic E-state index is 6.27. The Hall–Kier alpha value is -2.39. The van der Waals surface area contributed by atoms with Gasteiger partial charge in [0, 0.05) is 11.8 Å². The van der Waals surface area contributed by atoms with Crippen LogP contribution in [0.4, 0.5) is 0 Å². The molecule has 0 radical (unpaired) electrons. The maximum absolute atomic E-state index is 6.27. The van der Waals surface area contributed by atoms with E-state index < -0.39 is 5.79 Å². The lowest BCUT2D eigenvalue weighted by Gasteiger charge is -2.29. The monoisotopic (exact) mass is 302 g/mol. The fourth-order valence-electron chi connectivity index (χ4n) is 2.02. The van der Waals surface area contributed by atoms with E-state index in [2.05, 4.69) is 25.8 Å².